The molecular formula is C23H18FN3O. The van der Waals surface area contributed by atoms with Gasteiger partial charge in [0.2, 0.25) is 0 Å². The average Bonchev–Trinajstić information content (AvgIpc) is 3.19. The van der Waals surface area contributed by atoms with E-state index in [1.54, 1.807) is 30.6 Å². The first-order chi connectivity index (χ1) is 13.7. The molecule has 28 heavy (non-hydrogen) atoms. The Morgan fingerprint density at radius 3 is 3.04 bits per heavy atom. The molecule has 3 aromatic rings. The molecule has 0 spiro atoms. The summed E-state index contributed by atoms with van der Waals surface area (Å²) in [6.45, 7) is 0.139. The third kappa shape index (κ3) is 2.89. The molecule has 138 valence electrons. The van der Waals surface area contributed by atoms with Gasteiger partial charge in [0.25, 0.3) is 5.56 Å². The second-order valence-electron chi connectivity index (χ2n) is 7.26. The summed E-state index contributed by atoms with van der Waals surface area (Å²) in [5, 5.41) is 0.478. The van der Waals surface area contributed by atoms with E-state index >= 15 is 0 Å². The van der Waals surface area contributed by atoms with Gasteiger partial charge in [0.05, 0.1) is 30.0 Å². The quantitative estimate of drug-likeness (QED) is 0.651. The van der Waals surface area contributed by atoms with Crippen molar-refractivity contribution in [2.75, 3.05) is 0 Å². The van der Waals surface area contributed by atoms with Crippen molar-refractivity contribution in [2.45, 2.75) is 13.0 Å². The van der Waals surface area contributed by atoms with Gasteiger partial charge in [0.1, 0.15) is 5.82 Å². The first kappa shape index (κ1) is 16.8. The molecular weight excluding hydrogens is 353 g/mol. The maximum atomic E-state index is 14.8. The Bertz CT molecular complexity index is 1220. The number of benzene rings is 1. The second-order valence-corrected chi connectivity index (χ2v) is 7.26. The number of aromatic nitrogens is 3. The van der Waals surface area contributed by atoms with Gasteiger partial charge in [0, 0.05) is 17.7 Å². The van der Waals surface area contributed by atoms with E-state index < -0.39 is 0 Å². The van der Waals surface area contributed by atoms with Crippen molar-refractivity contribution in [1.29, 1.82) is 0 Å². The molecule has 5 rings (SSSR count). The van der Waals surface area contributed by atoms with Gasteiger partial charge >= 0.3 is 0 Å². The molecule has 5 heteroatoms. The largest absolute Gasteiger partial charge is 0.294 e. The number of pyridine rings is 1. The molecule has 0 saturated carbocycles. The molecule has 1 aromatic carbocycles. The van der Waals surface area contributed by atoms with Crippen LogP contribution in [-0.2, 0) is 6.54 Å². The van der Waals surface area contributed by atoms with Crippen LogP contribution in [0.2, 0.25) is 0 Å². The Kier molecular flexibility index (Phi) is 4.01. The summed E-state index contributed by atoms with van der Waals surface area (Å²) in [4.78, 5) is 20.8. The smallest absolute Gasteiger partial charge is 0.261 e. The Balaban J connectivity index is 1.44. The highest BCUT2D eigenvalue weighted by molar-refractivity contribution is 5.76. The highest BCUT2D eigenvalue weighted by Crippen LogP contribution is 2.35. The van der Waals surface area contributed by atoms with Crippen LogP contribution in [0.15, 0.2) is 78.2 Å². The number of allylic oxidation sites excluding steroid dienone is 6. The minimum atomic E-state index is -0.319. The number of rotatable bonds is 3. The van der Waals surface area contributed by atoms with E-state index in [0.29, 0.717) is 28.3 Å². The predicted molar refractivity (Wildman–Crippen MR) is 107 cm³/mol. The van der Waals surface area contributed by atoms with Gasteiger partial charge in [-0.2, -0.15) is 0 Å². The molecule has 2 heterocycles. The minimum Gasteiger partial charge on any atom is -0.294 e. The number of fused-ring (bicyclic) bond motifs is 2. The van der Waals surface area contributed by atoms with Crippen LogP contribution in [0.25, 0.3) is 16.5 Å². The topological polar surface area (TPSA) is 47.8 Å². The predicted octanol–water partition coefficient (Wildman–Crippen LogP) is 4.12. The lowest BCUT2D eigenvalue weighted by atomic mass is 9.86. The lowest BCUT2D eigenvalue weighted by Crippen LogP contribution is -2.21. The Morgan fingerprint density at radius 2 is 2.14 bits per heavy atom. The fourth-order valence-electron chi connectivity index (χ4n) is 3.93. The summed E-state index contributed by atoms with van der Waals surface area (Å²) < 4.78 is 16.2. The van der Waals surface area contributed by atoms with Crippen molar-refractivity contribution in [2.24, 2.45) is 11.8 Å². The van der Waals surface area contributed by atoms with Crippen molar-refractivity contribution < 1.29 is 4.39 Å². The zero-order valence-electron chi connectivity index (χ0n) is 15.1. The molecule has 2 aliphatic carbocycles. The fraction of sp³-hybridized carbons (Fsp3) is 0.174. The normalized spacial score (nSPS) is 20.4. The van der Waals surface area contributed by atoms with Crippen LogP contribution in [0.4, 0.5) is 4.39 Å². The van der Waals surface area contributed by atoms with E-state index in [1.165, 1.54) is 10.9 Å². The standard InChI is InChI=1S/C23H18FN3O/c24-21-11-18(17-5-4-15-2-1-3-16(15)10-17)6-7-19(21)13-27-14-26-22-12-25-9-8-20(22)23(27)28/h1-2,4-12,14-16H,3,13H2. The van der Waals surface area contributed by atoms with Crippen LogP contribution in [0.1, 0.15) is 17.5 Å². The van der Waals surface area contributed by atoms with E-state index in [4.69, 9.17) is 0 Å². The molecule has 0 amide bonds. The monoisotopic (exact) mass is 371 g/mol. The van der Waals surface area contributed by atoms with Gasteiger partial charge in [-0.3, -0.25) is 14.3 Å². The summed E-state index contributed by atoms with van der Waals surface area (Å²) >= 11 is 0. The Labute approximate surface area is 161 Å². The van der Waals surface area contributed by atoms with Crippen molar-refractivity contribution in [3.8, 4) is 0 Å². The maximum Gasteiger partial charge on any atom is 0.261 e. The maximum absolute atomic E-state index is 14.8. The average molecular weight is 371 g/mol. The van der Waals surface area contributed by atoms with E-state index in [9.17, 15) is 9.18 Å². The molecule has 2 aliphatic rings. The Hall–Kier alpha value is -3.34. The molecule has 2 unspecified atom stereocenters. The third-order valence-electron chi connectivity index (χ3n) is 5.51. The van der Waals surface area contributed by atoms with Crippen LogP contribution >= 0.6 is 0 Å². The summed E-state index contributed by atoms with van der Waals surface area (Å²) in [5.74, 6) is 0.620. The number of nitrogens with zero attached hydrogens (tertiary/aromatic N) is 3. The van der Waals surface area contributed by atoms with Crippen molar-refractivity contribution >= 4 is 16.5 Å². The zero-order valence-corrected chi connectivity index (χ0v) is 15.1. The zero-order chi connectivity index (χ0) is 19.1. The minimum absolute atomic E-state index is 0.139. The van der Waals surface area contributed by atoms with Gasteiger partial charge in [-0.05, 0) is 35.6 Å². The summed E-state index contributed by atoms with van der Waals surface area (Å²) in [6, 6.07) is 6.85. The molecule has 0 saturated heterocycles. The first-order valence-electron chi connectivity index (χ1n) is 9.34. The Morgan fingerprint density at radius 1 is 1.21 bits per heavy atom. The summed E-state index contributed by atoms with van der Waals surface area (Å²) in [5.41, 5.74) is 2.70. The first-order valence-corrected chi connectivity index (χ1v) is 9.34. The third-order valence-corrected chi connectivity index (χ3v) is 5.51. The van der Waals surface area contributed by atoms with Crippen LogP contribution in [-0.4, -0.2) is 14.5 Å². The van der Waals surface area contributed by atoms with Crippen LogP contribution in [0.3, 0.4) is 0 Å². The van der Waals surface area contributed by atoms with E-state index in [2.05, 4.69) is 40.3 Å². The molecule has 2 atom stereocenters. The van der Waals surface area contributed by atoms with Gasteiger partial charge in [-0.25, -0.2) is 9.37 Å². The van der Waals surface area contributed by atoms with E-state index in [0.717, 1.165) is 17.6 Å². The molecule has 2 aromatic heterocycles. The molecule has 0 N–H and O–H groups in total. The van der Waals surface area contributed by atoms with Gasteiger partial charge < -0.3 is 0 Å². The van der Waals surface area contributed by atoms with Crippen LogP contribution in [0.5, 0.6) is 0 Å². The molecule has 0 fully saturated rings. The second kappa shape index (κ2) is 6.68. The van der Waals surface area contributed by atoms with Gasteiger partial charge in [0.15, 0.2) is 0 Å². The van der Waals surface area contributed by atoms with Crippen LogP contribution in [0, 0.1) is 17.7 Å². The summed E-state index contributed by atoms with van der Waals surface area (Å²) in [7, 11) is 0. The number of hydrogen-bond donors (Lipinski definition) is 0. The molecule has 0 radical (unpaired) electrons. The van der Waals surface area contributed by atoms with Gasteiger partial charge in [-0.15, -0.1) is 0 Å². The highest BCUT2D eigenvalue weighted by Gasteiger charge is 2.22. The molecule has 0 bridgehead atoms. The van der Waals surface area contributed by atoms with Crippen molar-refractivity contribution in [1.82, 2.24) is 14.5 Å². The fourth-order valence-corrected chi connectivity index (χ4v) is 3.93. The molecule has 4 nitrogen and oxygen atoms in total. The summed E-state index contributed by atoms with van der Waals surface area (Å²) in [6.07, 6.45) is 16.5. The van der Waals surface area contributed by atoms with Gasteiger partial charge in [-0.1, -0.05) is 42.5 Å². The lowest BCUT2D eigenvalue weighted by Gasteiger charge is -2.19. The van der Waals surface area contributed by atoms with Crippen molar-refractivity contribution in [3.05, 3.63) is 101 Å². The number of hydrogen-bond acceptors (Lipinski definition) is 3. The van der Waals surface area contributed by atoms with Crippen molar-refractivity contribution in [3.63, 3.8) is 0 Å². The lowest BCUT2D eigenvalue weighted by molar-refractivity contribution is 0.593. The van der Waals surface area contributed by atoms with E-state index in [-0.39, 0.29) is 17.9 Å². The SMILES string of the molecule is O=c1c2ccncc2ncn1Cc1ccc(C2=CC3CC=CC3C=C2)cc1F. The van der Waals surface area contributed by atoms with Crippen LogP contribution < -0.4 is 5.56 Å². The van der Waals surface area contributed by atoms with E-state index in [1.807, 2.05) is 6.07 Å². The highest BCUT2D eigenvalue weighted by atomic mass is 19.1. The molecule has 0 aliphatic heterocycles. The number of halogens is 1.